The quantitative estimate of drug-likeness (QED) is 0.401. The molecule has 0 radical (unpaired) electrons. The number of fused-ring (bicyclic) bond motifs is 1. The van der Waals surface area contributed by atoms with Crippen molar-refractivity contribution in [3.8, 4) is 17.2 Å². The summed E-state index contributed by atoms with van der Waals surface area (Å²) in [4.78, 5) is 4.32. The molecule has 2 aromatic rings. The van der Waals surface area contributed by atoms with Crippen molar-refractivity contribution in [1.29, 1.82) is 0 Å². The van der Waals surface area contributed by atoms with E-state index in [1.807, 2.05) is 30.3 Å². The monoisotopic (exact) mass is 475 g/mol. The van der Waals surface area contributed by atoms with Gasteiger partial charge in [-0.2, -0.15) is 0 Å². The first kappa shape index (κ1) is 19.5. The maximum atomic E-state index is 6.21. The lowest BCUT2D eigenvalue weighted by molar-refractivity contribution is 0.171. The summed E-state index contributed by atoms with van der Waals surface area (Å²) in [6.07, 6.45) is 0. The predicted molar refractivity (Wildman–Crippen MR) is 110 cm³/mol. The van der Waals surface area contributed by atoms with Crippen LogP contribution in [0.2, 0.25) is 5.02 Å². The van der Waals surface area contributed by atoms with E-state index >= 15 is 0 Å². The highest BCUT2D eigenvalue weighted by atomic mass is 127. The van der Waals surface area contributed by atoms with Gasteiger partial charge >= 0.3 is 0 Å². The largest absolute Gasteiger partial charge is 0.497 e. The molecule has 0 fully saturated rings. The highest BCUT2D eigenvalue weighted by Gasteiger charge is 2.16. The number of benzene rings is 2. The lowest BCUT2D eigenvalue weighted by Crippen LogP contribution is -2.22. The Morgan fingerprint density at radius 1 is 1.24 bits per heavy atom. The van der Waals surface area contributed by atoms with Crippen LogP contribution in [0, 0.1) is 0 Å². The molecule has 0 bridgehead atoms. The number of methoxy groups -OCH3 is 1. The molecular formula is C17H19ClIN3O3. The minimum atomic E-state index is 0. The molecule has 1 aliphatic rings. The van der Waals surface area contributed by atoms with Crippen molar-refractivity contribution >= 4 is 47.2 Å². The van der Waals surface area contributed by atoms with E-state index in [-0.39, 0.29) is 24.0 Å². The molecule has 3 N–H and O–H groups in total. The smallest absolute Gasteiger partial charge is 0.193 e. The van der Waals surface area contributed by atoms with Gasteiger partial charge in [0.1, 0.15) is 19.0 Å². The number of hydrogen-bond donors (Lipinski definition) is 2. The van der Waals surface area contributed by atoms with Crippen molar-refractivity contribution < 1.29 is 14.2 Å². The minimum absolute atomic E-state index is 0. The van der Waals surface area contributed by atoms with Gasteiger partial charge in [-0.25, -0.2) is 4.99 Å². The SMILES string of the molecule is COc1ccc(NC(N)=NCc2cc(Cl)c3c(c2)OCCO3)cc1.I. The second kappa shape index (κ2) is 9.00. The standard InChI is InChI=1S/C17H18ClN3O3.HI/c1-22-13-4-2-12(3-5-13)21-17(19)20-10-11-8-14(18)16-15(9-11)23-6-7-24-16;/h2-5,8-9H,6-7,10H2,1H3,(H3,19,20,21);1H. The summed E-state index contributed by atoms with van der Waals surface area (Å²) in [5, 5.41) is 3.54. The van der Waals surface area contributed by atoms with Crippen molar-refractivity contribution in [2.75, 3.05) is 25.6 Å². The van der Waals surface area contributed by atoms with E-state index in [0.29, 0.717) is 42.2 Å². The molecular weight excluding hydrogens is 457 g/mol. The highest BCUT2D eigenvalue weighted by molar-refractivity contribution is 14.0. The first-order valence-electron chi connectivity index (χ1n) is 7.45. The molecule has 0 aromatic heterocycles. The van der Waals surface area contributed by atoms with Crippen LogP contribution in [-0.4, -0.2) is 26.3 Å². The van der Waals surface area contributed by atoms with E-state index in [1.165, 1.54) is 0 Å². The lowest BCUT2D eigenvalue weighted by atomic mass is 10.2. The molecule has 0 unspecified atom stereocenters. The first-order valence-corrected chi connectivity index (χ1v) is 7.82. The number of rotatable bonds is 4. The Labute approximate surface area is 168 Å². The van der Waals surface area contributed by atoms with Crippen LogP contribution in [0.25, 0.3) is 0 Å². The molecule has 2 aromatic carbocycles. The van der Waals surface area contributed by atoms with Gasteiger partial charge in [-0.15, -0.1) is 24.0 Å². The summed E-state index contributed by atoms with van der Waals surface area (Å²) in [6.45, 7) is 1.39. The summed E-state index contributed by atoms with van der Waals surface area (Å²) in [5.74, 6) is 2.31. The lowest BCUT2D eigenvalue weighted by Gasteiger charge is -2.20. The number of hydrogen-bond acceptors (Lipinski definition) is 4. The van der Waals surface area contributed by atoms with E-state index in [9.17, 15) is 0 Å². The molecule has 0 saturated heterocycles. The highest BCUT2D eigenvalue weighted by Crippen LogP contribution is 2.38. The summed E-state index contributed by atoms with van der Waals surface area (Å²) < 4.78 is 16.2. The van der Waals surface area contributed by atoms with Crippen molar-refractivity contribution in [2.24, 2.45) is 10.7 Å². The van der Waals surface area contributed by atoms with Crippen LogP contribution in [0.5, 0.6) is 17.2 Å². The Morgan fingerprint density at radius 2 is 1.96 bits per heavy atom. The topological polar surface area (TPSA) is 78.1 Å². The molecule has 0 atom stereocenters. The number of nitrogens with zero attached hydrogens (tertiary/aromatic N) is 1. The van der Waals surface area contributed by atoms with Gasteiger partial charge in [0.25, 0.3) is 0 Å². The number of halogens is 2. The third-order valence-corrected chi connectivity index (χ3v) is 3.73. The van der Waals surface area contributed by atoms with Crippen LogP contribution in [0.4, 0.5) is 5.69 Å². The Morgan fingerprint density at radius 3 is 2.68 bits per heavy atom. The van der Waals surface area contributed by atoms with Crippen LogP contribution >= 0.6 is 35.6 Å². The van der Waals surface area contributed by atoms with E-state index in [4.69, 9.17) is 31.5 Å². The van der Waals surface area contributed by atoms with Gasteiger partial charge < -0.3 is 25.3 Å². The number of anilines is 1. The fourth-order valence-electron chi connectivity index (χ4n) is 2.29. The Bertz CT molecular complexity index is 754. The second-order valence-corrected chi connectivity index (χ2v) is 5.56. The molecule has 134 valence electrons. The fraction of sp³-hybridized carbons (Fsp3) is 0.235. The van der Waals surface area contributed by atoms with Crippen molar-refractivity contribution in [2.45, 2.75) is 6.54 Å². The summed E-state index contributed by atoms with van der Waals surface area (Å²) in [7, 11) is 1.62. The number of guanidine groups is 1. The average Bonchev–Trinajstić information content (AvgIpc) is 2.61. The molecule has 8 heteroatoms. The Kier molecular flexibility index (Phi) is 7.01. The molecule has 3 rings (SSSR count). The second-order valence-electron chi connectivity index (χ2n) is 5.16. The van der Waals surface area contributed by atoms with Crippen LogP contribution in [0.3, 0.4) is 0 Å². The van der Waals surface area contributed by atoms with E-state index in [0.717, 1.165) is 17.0 Å². The molecule has 1 aliphatic heterocycles. The normalized spacial score (nSPS) is 13.0. The Hall–Kier alpha value is -1.87. The van der Waals surface area contributed by atoms with Gasteiger partial charge in [0, 0.05) is 5.69 Å². The minimum Gasteiger partial charge on any atom is -0.497 e. The van der Waals surface area contributed by atoms with Crippen LogP contribution in [0.15, 0.2) is 41.4 Å². The fourth-order valence-corrected chi connectivity index (χ4v) is 2.58. The molecule has 6 nitrogen and oxygen atoms in total. The molecule has 0 aliphatic carbocycles. The van der Waals surface area contributed by atoms with Gasteiger partial charge in [-0.05, 0) is 42.0 Å². The summed E-state index contributed by atoms with van der Waals surface area (Å²) >= 11 is 6.21. The summed E-state index contributed by atoms with van der Waals surface area (Å²) in [6, 6.07) is 11.1. The zero-order valence-electron chi connectivity index (χ0n) is 13.6. The first-order chi connectivity index (χ1) is 11.7. The molecule has 1 heterocycles. The van der Waals surface area contributed by atoms with Crippen molar-refractivity contribution in [1.82, 2.24) is 0 Å². The predicted octanol–water partition coefficient (Wildman–Crippen LogP) is 3.66. The van der Waals surface area contributed by atoms with Gasteiger partial charge in [0.2, 0.25) is 0 Å². The number of nitrogens with two attached hydrogens (primary N) is 1. The van der Waals surface area contributed by atoms with Crippen LogP contribution in [0.1, 0.15) is 5.56 Å². The van der Waals surface area contributed by atoms with Gasteiger partial charge in [-0.1, -0.05) is 11.6 Å². The third-order valence-electron chi connectivity index (χ3n) is 3.45. The van der Waals surface area contributed by atoms with E-state index in [2.05, 4.69) is 10.3 Å². The van der Waals surface area contributed by atoms with Gasteiger partial charge in [-0.3, -0.25) is 0 Å². The van der Waals surface area contributed by atoms with Crippen LogP contribution in [-0.2, 0) is 6.54 Å². The van der Waals surface area contributed by atoms with Gasteiger partial charge in [0.15, 0.2) is 17.5 Å². The van der Waals surface area contributed by atoms with Crippen LogP contribution < -0.4 is 25.3 Å². The zero-order chi connectivity index (χ0) is 16.9. The Balaban J connectivity index is 0.00000225. The molecule has 0 amide bonds. The van der Waals surface area contributed by atoms with Crippen molar-refractivity contribution in [3.63, 3.8) is 0 Å². The average molecular weight is 476 g/mol. The number of ether oxygens (including phenoxy) is 3. The zero-order valence-corrected chi connectivity index (χ0v) is 16.7. The third kappa shape index (κ3) is 5.05. The molecule has 0 spiro atoms. The molecule has 25 heavy (non-hydrogen) atoms. The van der Waals surface area contributed by atoms with E-state index < -0.39 is 0 Å². The maximum absolute atomic E-state index is 6.21. The molecule has 0 saturated carbocycles. The number of nitrogens with one attached hydrogen (secondary N) is 1. The van der Waals surface area contributed by atoms with E-state index in [1.54, 1.807) is 13.2 Å². The number of aliphatic imine (C=N–C) groups is 1. The maximum Gasteiger partial charge on any atom is 0.193 e. The van der Waals surface area contributed by atoms with Crippen molar-refractivity contribution in [3.05, 3.63) is 47.0 Å². The summed E-state index contributed by atoms with van der Waals surface area (Å²) in [5.41, 5.74) is 7.64. The van der Waals surface area contributed by atoms with Gasteiger partial charge in [0.05, 0.1) is 18.7 Å².